The molecule has 0 aliphatic heterocycles. The summed E-state index contributed by atoms with van der Waals surface area (Å²) >= 11 is 7.27. The Bertz CT molecular complexity index is 609. The average molecular weight is 276 g/mol. The first-order valence-electron chi connectivity index (χ1n) is 5.35. The van der Waals surface area contributed by atoms with Crippen LogP contribution in [0, 0.1) is 18.3 Å². The second-order valence-electron chi connectivity index (χ2n) is 3.95. The molecule has 1 unspecified atom stereocenters. The second-order valence-corrected chi connectivity index (χ2v) is 5.13. The Balaban J connectivity index is 2.36. The molecule has 0 saturated heterocycles. The topological polar surface area (TPSA) is 40.9 Å². The van der Waals surface area contributed by atoms with Gasteiger partial charge in [0.05, 0.1) is 6.07 Å². The molecule has 0 aliphatic carbocycles. The molecule has 2 nitrogen and oxygen atoms in total. The maximum absolute atomic E-state index is 12.3. The van der Waals surface area contributed by atoms with E-state index in [1.54, 1.807) is 29.6 Å². The lowest BCUT2D eigenvalue weighted by Gasteiger charge is -2.08. The summed E-state index contributed by atoms with van der Waals surface area (Å²) in [4.78, 5) is 12.3. The van der Waals surface area contributed by atoms with E-state index in [1.165, 1.54) is 11.3 Å². The minimum atomic E-state index is -0.768. The normalized spacial score (nSPS) is 11.8. The first-order chi connectivity index (χ1) is 8.63. The van der Waals surface area contributed by atoms with Gasteiger partial charge in [-0.1, -0.05) is 23.7 Å². The highest BCUT2D eigenvalue weighted by molar-refractivity contribution is 7.08. The van der Waals surface area contributed by atoms with Crippen molar-refractivity contribution < 1.29 is 4.79 Å². The lowest BCUT2D eigenvalue weighted by atomic mass is 9.92. The number of ketones is 1. The molecule has 2 rings (SSSR count). The zero-order valence-electron chi connectivity index (χ0n) is 9.68. The lowest BCUT2D eigenvalue weighted by molar-refractivity contribution is 0.0979. The summed E-state index contributed by atoms with van der Waals surface area (Å²) in [7, 11) is 0. The van der Waals surface area contributed by atoms with E-state index in [9.17, 15) is 10.1 Å². The molecule has 0 fully saturated rings. The summed E-state index contributed by atoms with van der Waals surface area (Å²) in [6, 6.07) is 8.88. The Hall–Kier alpha value is -1.63. The Morgan fingerprint density at radius 1 is 1.33 bits per heavy atom. The number of halogens is 1. The third kappa shape index (κ3) is 2.45. The average Bonchev–Trinajstić information content (AvgIpc) is 2.78. The van der Waals surface area contributed by atoms with E-state index in [1.807, 2.05) is 12.3 Å². The van der Waals surface area contributed by atoms with Crippen molar-refractivity contribution in [3.63, 3.8) is 0 Å². The molecule has 0 radical (unpaired) electrons. The van der Waals surface area contributed by atoms with E-state index in [-0.39, 0.29) is 5.78 Å². The van der Waals surface area contributed by atoms with Crippen molar-refractivity contribution in [1.82, 2.24) is 0 Å². The first-order valence-corrected chi connectivity index (χ1v) is 6.67. The van der Waals surface area contributed by atoms with Crippen molar-refractivity contribution in [3.05, 3.63) is 56.7 Å². The lowest BCUT2D eigenvalue weighted by Crippen LogP contribution is -2.11. The molecule has 0 amide bonds. The van der Waals surface area contributed by atoms with Crippen LogP contribution in [0.4, 0.5) is 0 Å². The summed E-state index contributed by atoms with van der Waals surface area (Å²) < 4.78 is 0. The fourth-order valence-corrected chi connectivity index (χ4v) is 2.67. The number of thiophene rings is 1. The molecule has 0 spiro atoms. The molecule has 18 heavy (non-hydrogen) atoms. The monoisotopic (exact) mass is 275 g/mol. The van der Waals surface area contributed by atoms with Gasteiger partial charge in [-0.3, -0.25) is 4.79 Å². The van der Waals surface area contributed by atoms with Crippen molar-refractivity contribution in [2.45, 2.75) is 12.8 Å². The van der Waals surface area contributed by atoms with Crippen LogP contribution in [0.1, 0.15) is 27.4 Å². The quantitative estimate of drug-likeness (QED) is 0.788. The predicted octanol–water partition coefficient (Wildman–Crippen LogP) is 4.20. The molecule has 1 aromatic carbocycles. The van der Waals surface area contributed by atoms with Gasteiger partial charge in [-0.25, -0.2) is 0 Å². The molecular formula is C14H10ClNOS. The van der Waals surface area contributed by atoms with Gasteiger partial charge in [-0.05, 0) is 35.6 Å². The first kappa shape index (κ1) is 12.8. The Kier molecular flexibility index (Phi) is 3.81. The largest absolute Gasteiger partial charge is 0.292 e. The molecule has 4 heteroatoms. The maximum atomic E-state index is 12.3. The van der Waals surface area contributed by atoms with Crippen LogP contribution in [0.5, 0.6) is 0 Å². The van der Waals surface area contributed by atoms with Gasteiger partial charge in [0.1, 0.15) is 5.92 Å². The van der Waals surface area contributed by atoms with E-state index in [4.69, 9.17) is 11.6 Å². The smallest absolute Gasteiger partial charge is 0.185 e. The van der Waals surface area contributed by atoms with Crippen molar-refractivity contribution in [3.8, 4) is 6.07 Å². The van der Waals surface area contributed by atoms with Gasteiger partial charge in [-0.2, -0.15) is 16.6 Å². The number of nitrogens with zero attached hydrogens (tertiary/aromatic N) is 1. The van der Waals surface area contributed by atoms with Gasteiger partial charge in [0.15, 0.2) is 5.78 Å². The molecule has 1 heterocycles. The van der Waals surface area contributed by atoms with E-state index in [0.29, 0.717) is 16.1 Å². The summed E-state index contributed by atoms with van der Waals surface area (Å²) in [5.41, 5.74) is 2.22. The maximum Gasteiger partial charge on any atom is 0.185 e. The Morgan fingerprint density at radius 3 is 2.50 bits per heavy atom. The molecule has 0 aliphatic rings. The van der Waals surface area contributed by atoms with E-state index in [2.05, 4.69) is 6.07 Å². The number of rotatable bonds is 3. The van der Waals surface area contributed by atoms with E-state index >= 15 is 0 Å². The summed E-state index contributed by atoms with van der Waals surface area (Å²) in [5.74, 6) is -0.922. The number of nitriles is 1. The highest BCUT2D eigenvalue weighted by Crippen LogP contribution is 2.25. The predicted molar refractivity (Wildman–Crippen MR) is 73.2 cm³/mol. The molecular weight excluding hydrogens is 266 g/mol. The summed E-state index contributed by atoms with van der Waals surface area (Å²) in [6.07, 6.45) is 0. The number of carbonyl (C=O) groups is 1. The van der Waals surface area contributed by atoms with Gasteiger partial charge < -0.3 is 0 Å². The minimum absolute atomic E-state index is 0.154. The second kappa shape index (κ2) is 5.34. The number of Topliss-reactive ketones (excluding diaryl/α,β-unsaturated/α-hetero) is 1. The molecule has 1 aromatic heterocycles. The summed E-state index contributed by atoms with van der Waals surface area (Å²) in [5, 5.41) is 13.5. The molecule has 1 atom stereocenters. The summed E-state index contributed by atoms with van der Waals surface area (Å²) in [6.45, 7) is 1.88. The third-order valence-corrected chi connectivity index (χ3v) is 3.83. The van der Waals surface area contributed by atoms with Crippen LogP contribution in [0.3, 0.4) is 0 Å². The fourth-order valence-electron chi connectivity index (χ4n) is 1.71. The third-order valence-electron chi connectivity index (χ3n) is 2.72. The van der Waals surface area contributed by atoms with Gasteiger partial charge in [-0.15, -0.1) is 0 Å². The van der Waals surface area contributed by atoms with E-state index in [0.717, 1.165) is 5.56 Å². The minimum Gasteiger partial charge on any atom is -0.292 e. The number of carbonyl (C=O) groups excluding carboxylic acids is 1. The Labute approximate surface area is 114 Å². The van der Waals surface area contributed by atoms with E-state index < -0.39 is 5.92 Å². The molecule has 0 saturated carbocycles. The van der Waals surface area contributed by atoms with Crippen LogP contribution < -0.4 is 0 Å². The SMILES string of the molecule is Cc1cscc1C(=O)C(C#N)c1ccc(Cl)cc1. The van der Waals surface area contributed by atoms with Gasteiger partial charge in [0.25, 0.3) is 0 Å². The molecule has 90 valence electrons. The van der Waals surface area contributed by atoms with Gasteiger partial charge in [0.2, 0.25) is 0 Å². The number of aryl methyl sites for hydroxylation is 1. The highest BCUT2D eigenvalue weighted by Gasteiger charge is 2.23. The van der Waals surface area contributed by atoms with Crippen LogP contribution in [0.2, 0.25) is 5.02 Å². The Morgan fingerprint density at radius 2 is 2.00 bits per heavy atom. The van der Waals surface area contributed by atoms with Crippen LogP contribution in [-0.2, 0) is 0 Å². The number of benzene rings is 1. The number of hydrogen-bond donors (Lipinski definition) is 0. The van der Waals surface area contributed by atoms with Crippen LogP contribution >= 0.6 is 22.9 Å². The van der Waals surface area contributed by atoms with Crippen LogP contribution in [-0.4, -0.2) is 5.78 Å². The fraction of sp³-hybridized carbons (Fsp3) is 0.143. The van der Waals surface area contributed by atoms with Crippen LogP contribution in [0.15, 0.2) is 35.0 Å². The number of hydrogen-bond acceptors (Lipinski definition) is 3. The van der Waals surface area contributed by atoms with Crippen LogP contribution in [0.25, 0.3) is 0 Å². The molecule has 0 bridgehead atoms. The molecule has 0 N–H and O–H groups in total. The van der Waals surface area contributed by atoms with Crippen molar-refractivity contribution in [2.75, 3.05) is 0 Å². The molecule has 2 aromatic rings. The van der Waals surface area contributed by atoms with Crippen molar-refractivity contribution in [2.24, 2.45) is 0 Å². The zero-order chi connectivity index (χ0) is 13.1. The zero-order valence-corrected chi connectivity index (χ0v) is 11.3. The standard InChI is InChI=1S/C14H10ClNOS/c1-9-7-18-8-13(9)14(17)12(6-16)10-2-4-11(15)5-3-10/h2-5,7-8,12H,1H3. The van der Waals surface area contributed by atoms with Crippen molar-refractivity contribution >= 4 is 28.7 Å². The van der Waals surface area contributed by atoms with Crippen molar-refractivity contribution in [1.29, 1.82) is 5.26 Å². The van der Waals surface area contributed by atoms with Gasteiger partial charge in [0, 0.05) is 16.0 Å². The highest BCUT2D eigenvalue weighted by atomic mass is 35.5. The van der Waals surface area contributed by atoms with Gasteiger partial charge >= 0.3 is 0 Å².